The van der Waals surface area contributed by atoms with Gasteiger partial charge in [-0.1, -0.05) is 42.3 Å². The van der Waals surface area contributed by atoms with E-state index < -0.39 is 5.97 Å². The molecule has 73 valence electrons. The molecule has 1 atom stereocenters. The molecule has 0 aliphatic carbocycles. The van der Waals surface area contributed by atoms with Crippen molar-refractivity contribution < 1.29 is 42.6 Å². The van der Waals surface area contributed by atoms with Crippen molar-refractivity contribution in [2.75, 3.05) is 0 Å². The zero-order valence-electron chi connectivity index (χ0n) is 8.02. The van der Waals surface area contributed by atoms with Crippen LogP contribution in [0.3, 0.4) is 0 Å². The van der Waals surface area contributed by atoms with E-state index in [1.165, 1.54) is 0 Å². The summed E-state index contributed by atoms with van der Waals surface area (Å²) < 4.78 is 0. The third kappa shape index (κ3) is 4.87. The fraction of sp³-hybridized carbons (Fsp3) is 0.273. The maximum atomic E-state index is 10.3. The topological polar surface area (TPSA) is 37.3 Å². The van der Waals surface area contributed by atoms with E-state index in [4.69, 9.17) is 5.11 Å². The Morgan fingerprint density at radius 3 is 2.43 bits per heavy atom. The van der Waals surface area contributed by atoms with E-state index in [9.17, 15) is 4.79 Å². The third-order valence-corrected chi connectivity index (χ3v) is 1.98. The predicted molar refractivity (Wildman–Crippen MR) is 51.4 cm³/mol. The summed E-state index contributed by atoms with van der Waals surface area (Å²) in [4.78, 5) is 10.3. The van der Waals surface area contributed by atoms with E-state index in [1.54, 1.807) is 0 Å². The Balaban J connectivity index is 0.00000169. The molecule has 1 rings (SSSR count). The molecule has 2 nitrogen and oxygen atoms in total. The molecule has 14 heavy (non-hydrogen) atoms. The number of hydrogen-bond donors (Lipinski definition) is 1. The molecular formula is C11H13O2Y-. The van der Waals surface area contributed by atoms with E-state index in [0.29, 0.717) is 6.42 Å². The van der Waals surface area contributed by atoms with Gasteiger partial charge in [0.1, 0.15) is 0 Å². The van der Waals surface area contributed by atoms with Crippen LogP contribution >= 0.6 is 0 Å². The number of aliphatic carboxylic acids is 1. The van der Waals surface area contributed by atoms with Crippen LogP contribution in [0, 0.1) is 6.92 Å². The van der Waals surface area contributed by atoms with Crippen LogP contribution in [-0.4, -0.2) is 11.1 Å². The molecule has 1 aromatic carbocycles. The van der Waals surface area contributed by atoms with Crippen molar-refractivity contribution in [3.05, 3.63) is 42.8 Å². The molecule has 1 aromatic rings. The van der Waals surface area contributed by atoms with Crippen LogP contribution in [0.25, 0.3) is 0 Å². The van der Waals surface area contributed by atoms with Gasteiger partial charge in [0.25, 0.3) is 0 Å². The van der Waals surface area contributed by atoms with Gasteiger partial charge in [0.15, 0.2) is 0 Å². The molecule has 0 spiro atoms. The molecule has 0 bridgehead atoms. The zero-order chi connectivity index (χ0) is 9.68. The zero-order valence-corrected chi connectivity index (χ0v) is 10.9. The average Bonchev–Trinajstić information content (AvgIpc) is 2.15. The van der Waals surface area contributed by atoms with E-state index in [-0.39, 0.29) is 45.0 Å². The second-order valence-corrected chi connectivity index (χ2v) is 3.04. The number of rotatable bonds is 4. The minimum atomic E-state index is -0.760. The Morgan fingerprint density at radius 2 is 1.93 bits per heavy atom. The first-order valence-electron chi connectivity index (χ1n) is 4.30. The van der Waals surface area contributed by atoms with Gasteiger partial charge in [0.05, 0.1) is 0 Å². The molecule has 0 heterocycles. The first-order valence-corrected chi connectivity index (χ1v) is 4.30. The van der Waals surface area contributed by atoms with Crippen molar-refractivity contribution in [2.24, 2.45) is 0 Å². The van der Waals surface area contributed by atoms with Crippen LogP contribution in [0.5, 0.6) is 0 Å². The van der Waals surface area contributed by atoms with Crippen molar-refractivity contribution in [3.8, 4) is 0 Å². The summed E-state index contributed by atoms with van der Waals surface area (Å²) in [6.07, 6.45) is 0.780. The summed E-state index contributed by atoms with van der Waals surface area (Å²) in [6, 6.07) is 9.76. The first kappa shape index (κ1) is 13.8. The Morgan fingerprint density at radius 1 is 1.36 bits per heavy atom. The van der Waals surface area contributed by atoms with Gasteiger partial charge in [-0.3, -0.25) is 4.79 Å². The molecule has 1 N–H and O–H groups in total. The fourth-order valence-electron chi connectivity index (χ4n) is 1.19. The van der Waals surface area contributed by atoms with E-state index in [0.717, 1.165) is 5.56 Å². The molecule has 0 fully saturated rings. The number of carboxylic acids is 1. The average molecular weight is 266 g/mol. The van der Waals surface area contributed by atoms with E-state index in [2.05, 4.69) is 6.92 Å². The molecule has 1 radical (unpaired) electrons. The van der Waals surface area contributed by atoms with Crippen LogP contribution in [0.15, 0.2) is 30.3 Å². The molecule has 3 heteroatoms. The van der Waals surface area contributed by atoms with Crippen LogP contribution < -0.4 is 0 Å². The summed E-state index contributed by atoms with van der Waals surface area (Å²) >= 11 is 0. The number of benzene rings is 1. The van der Waals surface area contributed by atoms with Crippen molar-refractivity contribution in [1.82, 2.24) is 0 Å². The number of carbonyl (C=O) groups is 1. The van der Waals surface area contributed by atoms with Gasteiger partial charge in [-0.25, -0.2) is 0 Å². The summed E-state index contributed by atoms with van der Waals surface area (Å²) in [5.41, 5.74) is 1.10. The quantitative estimate of drug-likeness (QED) is 0.850. The van der Waals surface area contributed by atoms with Crippen LogP contribution in [-0.2, 0) is 37.5 Å². The molecule has 0 aliphatic heterocycles. The van der Waals surface area contributed by atoms with E-state index in [1.807, 2.05) is 30.3 Å². The van der Waals surface area contributed by atoms with Gasteiger partial charge in [0.2, 0.25) is 0 Å². The molecule has 0 amide bonds. The van der Waals surface area contributed by atoms with E-state index >= 15 is 0 Å². The monoisotopic (exact) mass is 266 g/mol. The molecule has 0 aliphatic rings. The number of hydrogen-bond acceptors (Lipinski definition) is 1. The maximum absolute atomic E-state index is 10.3. The van der Waals surface area contributed by atoms with Crippen molar-refractivity contribution in [2.45, 2.75) is 18.8 Å². The van der Waals surface area contributed by atoms with Crippen molar-refractivity contribution in [3.63, 3.8) is 0 Å². The molecule has 0 saturated heterocycles. The molecule has 1 unspecified atom stereocenters. The van der Waals surface area contributed by atoms with Gasteiger partial charge in [-0.15, -0.1) is 5.92 Å². The normalized spacial score (nSPS) is 11.5. The Bertz CT molecular complexity index is 272. The van der Waals surface area contributed by atoms with Gasteiger partial charge < -0.3 is 12.0 Å². The SMILES string of the molecule is [CH2-]C(CCC(=O)O)c1ccccc1.[Y]. The van der Waals surface area contributed by atoms with Gasteiger partial charge in [-0.05, 0) is 0 Å². The Labute approximate surface area is 110 Å². The third-order valence-electron chi connectivity index (χ3n) is 1.98. The fourth-order valence-corrected chi connectivity index (χ4v) is 1.19. The van der Waals surface area contributed by atoms with Gasteiger partial charge >= 0.3 is 5.97 Å². The first-order chi connectivity index (χ1) is 6.20. The largest absolute Gasteiger partial charge is 0.481 e. The van der Waals surface area contributed by atoms with Crippen molar-refractivity contribution >= 4 is 5.97 Å². The Hall–Kier alpha value is -0.206. The van der Waals surface area contributed by atoms with Gasteiger partial charge in [-0.2, -0.15) is 0 Å². The van der Waals surface area contributed by atoms with Crippen molar-refractivity contribution in [1.29, 1.82) is 0 Å². The summed E-state index contributed by atoms with van der Waals surface area (Å²) in [7, 11) is 0. The second-order valence-electron chi connectivity index (χ2n) is 3.04. The summed E-state index contributed by atoms with van der Waals surface area (Å²) in [6.45, 7) is 3.92. The molecule has 0 aromatic heterocycles. The van der Waals surface area contributed by atoms with Gasteiger partial charge in [0, 0.05) is 39.1 Å². The summed E-state index contributed by atoms with van der Waals surface area (Å²) in [5.74, 6) is -0.679. The predicted octanol–water partition coefficient (Wildman–Crippen LogP) is 2.47. The van der Waals surface area contributed by atoms with Crippen LogP contribution in [0.1, 0.15) is 24.3 Å². The number of carboxylic acid groups (broad SMARTS) is 1. The summed E-state index contributed by atoms with van der Waals surface area (Å²) in [5, 5.41) is 8.48. The minimum absolute atomic E-state index is 0. The van der Waals surface area contributed by atoms with Crippen LogP contribution in [0.2, 0.25) is 0 Å². The Kier molecular flexibility index (Phi) is 7.03. The molecule has 0 saturated carbocycles. The standard InChI is InChI=1S/C11H13O2.Y/c1-9(7-8-11(12)13)10-5-3-2-4-6-10;/h2-6,9H,1,7-8H2,(H,12,13);/q-1;. The molecular weight excluding hydrogens is 253 g/mol. The maximum Gasteiger partial charge on any atom is 0.303 e. The minimum Gasteiger partial charge on any atom is -0.481 e. The van der Waals surface area contributed by atoms with Crippen LogP contribution in [0.4, 0.5) is 0 Å². The second kappa shape index (κ2) is 7.13. The smallest absolute Gasteiger partial charge is 0.303 e.